The van der Waals surface area contributed by atoms with E-state index in [-0.39, 0.29) is 5.91 Å². The molecule has 1 atom stereocenters. The van der Waals surface area contributed by atoms with Gasteiger partial charge in [0.2, 0.25) is 0 Å². The number of anilines is 1. The van der Waals surface area contributed by atoms with Crippen LogP contribution in [0.15, 0.2) is 60.7 Å². The highest BCUT2D eigenvalue weighted by Crippen LogP contribution is 2.41. The fourth-order valence-electron chi connectivity index (χ4n) is 4.29. The van der Waals surface area contributed by atoms with Crippen LogP contribution >= 0.6 is 23.8 Å². The molecule has 6 nitrogen and oxygen atoms in total. The summed E-state index contributed by atoms with van der Waals surface area (Å²) in [7, 11) is 3.21. The Labute approximate surface area is 202 Å². The Balaban J connectivity index is 1.51. The van der Waals surface area contributed by atoms with E-state index in [0.29, 0.717) is 51.8 Å². The number of rotatable bonds is 5. The predicted octanol–water partition coefficient (Wildman–Crippen LogP) is 5.21. The summed E-state index contributed by atoms with van der Waals surface area (Å²) in [4.78, 5) is 17.1. The van der Waals surface area contributed by atoms with Gasteiger partial charge in [-0.25, -0.2) is 0 Å². The summed E-state index contributed by atoms with van der Waals surface area (Å²) < 4.78 is 17.0. The monoisotopic (exact) mass is 480 g/mol. The Bertz CT molecular complexity index is 1200. The number of halogens is 1. The summed E-state index contributed by atoms with van der Waals surface area (Å²) in [6.45, 7) is 0.497. The summed E-state index contributed by atoms with van der Waals surface area (Å²) in [6, 6.07) is 18.1. The van der Waals surface area contributed by atoms with E-state index in [9.17, 15) is 4.79 Å². The number of amides is 1. The molecule has 2 aliphatic heterocycles. The number of fused-ring (bicyclic) bond motifs is 2. The van der Waals surface area contributed by atoms with Crippen LogP contribution in [0.25, 0.3) is 0 Å². The first-order valence-corrected chi connectivity index (χ1v) is 11.2. The van der Waals surface area contributed by atoms with Gasteiger partial charge in [-0.15, -0.1) is 0 Å². The van der Waals surface area contributed by atoms with Crippen molar-refractivity contribution in [1.29, 1.82) is 0 Å². The van der Waals surface area contributed by atoms with Crippen molar-refractivity contribution in [1.82, 2.24) is 4.90 Å². The van der Waals surface area contributed by atoms with E-state index in [1.165, 1.54) is 4.90 Å². The molecule has 3 aromatic carbocycles. The summed E-state index contributed by atoms with van der Waals surface area (Å²) in [5.74, 6) is 2.34. The quantitative estimate of drug-likeness (QED) is 0.467. The highest BCUT2D eigenvalue weighted by atomic mass is 35.5. The molecule has 33 heavy (non-hydrogen) atoms. The van der Waals surface area contributed by atoms with Gasteiger partial charge in [-0.3, -0.25) is 9.69 Å². The van der Waals surface area contributed by atoms with Crippen molar-refractivity contribution in [2.75, 3.05) is 19.1 Å². The minimum absolute atomic E-state index is 0.111. The van der Waals surface area contributed by atoms with Crippen LogP contribution in [-0.4, -0.2) is 36.2 Å². The molecule has 0 radical (unpaired) electrons. The molecule has 1 amide bonds. The molecule has 1 saturated heterocycles. The van der Waals surface area contributed by atoms with Crippen LogP contribution in [0, 0.1) is 0 Å². The first-order valence-electron chi connectivity index (χ1n) is 10.4. The van der Waals surface area contributed by atoms with Crippen molar-refractivity contribution in [3.63, 3.8) is 0 Å². The lowest BCUT2D eigenvalue weighted by atomic mass is 9.94. The van der Waals surface area contributed by atoms with E-state index in [1.54, 1.807) is 32.4 Å². The molecule has 1 fully saturated rings. The molecule has 168 valence electrons. The summed E-state index contributed by atoms with van der Waals surface area (Å²) in [6.07, 6.45) is 0.514. The van der Waals surface area contributed by atoms with Gasteiger partial charge < -0.3 is 19.1 Å². The Kier molecular flexibility index (Phi) is 5.60. The van der Waals surface area contributed by atoms with Gasteiger partial charge in [0, 0.05) is 18.0 Å². The number of carbonyl (C=O) groups is 1. The average Bonchev–Trinajstić information content (AvgIpc) is 3.07. The van der Waals surface area contributed by atoms with E-state index in [4.69, 9.17) is 38.0 Å². The van der Waals surface area contributed by atoms with Crippen molar-refractivity contribution in [3.8, 4) is 23.0 Å². The van der Waals surface area contributed by atoms with Crippen LogP contribution in [0.4, 0.5) is 5.69 Å². The van der Waals surface area contributed by atoms with Gasteiger partial charge in [0.15, 0.2) is 22.4 Å². The molecule has 2 heterocycles. The lowest BCUT2D eigenvalue weighted by Gasteiger charge is -2.31. The summed E-state index contributed by atoms with van der Waals surface area (Å²) in [5.41, 5.74) is 2.61. The minimum Gasteiger partial charge on any atom is -0.493 e. The molecule has 0 aromatic heterocycles. The number of nitrogens with zero attached hydrogens (tertiary/aromatic N) is 2. The molecule has 0 N–H and O–H groups in total. The molecule has 0 unspecified atom stereocenters. The SMILES string of the molecule is COc1cc2c(cc1OC)CN1C(=S)N(c3cc(Cl)ccc3Oc3ccccc3)C(=O)[C@H]1C2. The third kappa shape index (κ3) is 3.77. The fraction of sp³-hybridized carbons (Fsp3) is 0.200. The average molecular weight is 481 g/mol. The first kappa shape index (κ1) is 21.6. The molecule has 0 saturated carbocycles. The highest BCUT2D eigenvalue weighted by molar-refractivity contribution is 7.80. The second kappa shape index (κ2) is 8.57. The van der Waals surface area contributed by atoms with Gasteiger partial charge in [-0.05, 0) is 65.8 Å². The van der Waals surface area contributed by atoms with Crippen molar-refractivity contribution in [2.24, 2.45) is 0 Å². The van der Waals surface area contributed by atoms with Gasteiger partial charge in [-0.2, -0.15) is 0 Å². The van der Waals surface area contributed by atoms with Crippen LogP contribution in [-0.2, 0) is 17.8 Å². The number of hydrogen-bond donors (Lipinski definition) is 0. The van der Waals surface area contributed by atoms with E-state index in [0.717, 1.165) is 11.1 Å². The number of ether oxygens (including phenoxy) is 3. The standard InChI is InChI=1S/C25H21ClN2O4S/c1-30-22-11-15-10-20-24(29)28(25(33)27(20)14-16(15)12-23(22)31-2)19-13-17(26)8-9-21(19)32-18-6-4-3-5-7-18/h3-9,11-13,20H,10,14H2,1-2H3/t20-/m1/s1. The number of benzene rings is 3. The first-order chi connectivity index (χ1) is 16.0. The van der Waals surface area contributed by atoms with Crippen molar-refractivity contribution in [3.05, 3.63) is 76.8 Å². The van der Waals surface area contributed by atoms with Gasteiger partial charge >= 0.3 is 0 Å². The Morgan fingerprint density at radius 2 is 1.64 bits per heavy atom. The lowest BCUT2D eigenvalue weighted by Crippen LogP contribution is -2.40. The van der Waals surface area contributed by atoms with Gasteiger partial charge in [0.1, 0.15) is 11.8 Å². The van der Waals surface area contributed by atoms with Crippen molar-refractivity contribution in [2.45, 2.75) is 19.0 Å². The molecular weight excluding hydrogens is 460 g/mol. The van der Waals surface area contributed by atoms with Crippen LogP contribution in [0.3, 0.4) is 0 Å². The van der Waals surface area contributed by atoms with E-state index < -0.39 is 6.04 Å². The van der Waals surface area contributed by atoms with Gasteiger partial charge in [0.25, 0.3) is 5.91 Å². The van der Waals surface area contributed by atoms with Crippen LogP contribution in [0.5, 0.6) is 23.0 Å². The zero-order valence-electron chi connectivity index (χ0n) is 18.1. The molecule has 8 heteroatoms. The Hall–Kier alpha value is -3.29. The smallest absolute Gasteiger partial charge is 0.256 e. The van der Waals surface area contributed by atoms with Crippen LogP contribution in [0.1, 0.15) is 11.1 Å². The normalized spacial score (nSPS) is 17.0. The zero-order chi connectivity index (χ0) is 23.1. The predicted molar refractivity (Wildman–Crippen MR) is 131 cm³/mol. The summed E-state index contributed by atoms with van der Waals surface area (Å²) >= 11 is 12.1. The summed E-state index contributed by atoms with van der Waals surface area (Å²) in [5, 5.41) is 0.911. The maximum absolute atomic E-state index is 13.6. The maximum Gasteiger partial charge on any atom is 0.256 e. The molecule has 0 aliphatic carbocycles. The van der Waals surface area contributed by atoms with Gasteiger partial charge in [-0.1, -0.05) is 29.8 Å². The third-order valence-electron chi connectivity index (χ3n) is 5.91. The molecular formula is C25H21ClN2O4S. The Morgan fingerprint density at radius 3 is 2.33 bits per heavy atom. The van der Waals surface area contributed by atoms with Crippen molar-refractivity contribution < 1.29 is 19.0 Å². The minimum atomic E-state index is -0.411. The second-order valence-corrected chi connectivity index (χ2v) is 8.61. The molecule has 5 rings (SSSR count). The molecule has 2 aliphatic rings. The fourth-order valence-corrected chi connectivity index (χ4v) is 4.84. The number of para-hydroxylation sites is 1. The molecule has 3 aromatic rings. The largest absolute Gasteiger partial charge is 0.493 e. The van der Waals surface area contributed by atoms with Crippen LogP contribution < -0.4 is 19.1 Å². The number of thiocarbonyl (C=S) groups is 1. The lowest BCUT2D eigenvalue weighted by molar-refractivity contribution is -0.120. The van der Waals surface area contributed by atoms with Crippen molar-refractivity contribution >= 4 is 40.5 Å². The molecule has 0 bridgehead atoms. The number of carbonyl (C=O) groups excluding carboxylic acids is 1. The maximum atomic E-state index is 13.6. The Morgan fingerprint density at radius 1 is 0.939 bits per heavy atom. The van der Waals surface area contributed by atoms with Gasteiger partial charge in [0.05, 0.1) is 19.9 Å². The van der Waals surface area contributed by atoms with E-state index in [2.05, 4.69) is 0 Å². The second-order valence-electron chi connectivity index (χ2n) is 7.81. The molecule has 0 spiro atoms. The highest BCUT2D eigenvalue weighted by Gasteiger charge is 2.46. The third-order valence-corrected chi connectivity index (χ3v) is 6.56. The topological polar surface area (TPSA) is 51.2 Å². The number of hydrogen-bond acceptors (Lipinski definition) is 5. The zero-order valence-corrected chi connectivity index (χ0v) is 19.7. The van der Waals surface area contributed by atoms with E-state index >= 15 is 0 Å². The number of methoxy groups -OCH3 is 2. The van der Waals surface area contributed by atoms with Crippen LogP contribution in [0.2, 0.25) is 5.02 Å². The van der Waals surface area contributed by atoms with E-state index in [1.807, 2.05) is 47.4 Å².